The van der Waals surface area contributed by atoms with Crippen LogP contribution in [0.1, 0.15) is 5.56 Å². The molecule has 0 bridgehead atoms. The van der Waals surface area contributed by atoms with E-state index in [-0.39, 0.29) is 11.6 Å². The number of rotatable bonds is 4. The molecule has 0 saturated heterocycles. The number of hydrogen-bond donors (Lipinski definition) is 4. The number of carbonyl (C=O) groups excluding carboxylic acids is 1. The molecular weight excluding hydrogens is 326 g/mol. The van der Waals surface area contributed by atoms with Gasteiger partial charge in [-0.2, -0.15) is 5.10 Å². The van der Waals surface area contributed by atoms with Crippen molar-refractivity contribution < 1.29 is 19.4 Å². The predicted octanol–water partition coefficient (Wildman–Crippen LogP) is 1.63. The lowest BCUT2D eigenvalue weighted by Crippen LogP contribution is -2.12. The number of carboxylic acid groups (broad SMARTS) is 1. The van der Waals surface area contributed by atoms with Crippen LogP contribution in [0.3, 0.4) is 0 Å². The second-order valence-electron chi connectivity index (χ2n) is 5.18. The molecule has 4 rings (SSSR count). The molecule has 0 atom stereocenters. The number of H-pyrrole nitrogens is 2. The largest absolute Gasteiger partial charge is 0.477 e. The van der Waals surface area contributed by atoms with Gasteiger partial charge in [0.2, 0.25) is 11.7 Å². The number of ether oxygens (including phenoxy) is 1. The Labute approximate surface area is 140 Å². The first-order chi connectivity index (χ1) is 12.1. The maximum Gasteiger partial charge on any atom is 0.345 e. The fourth-order valence-electron chi connectivity index (χ4n) is 2.49. The first-order valence-electron chi connectivity index (χ1n) is 7.24. The highest BCUT2D eigenvalue weighted by atomic mass is 16.5. The molecule has 25 heavy (non-hydrogen) atoms. The number of allylic oxidation sites excluding steroid dienone is 1. The highest BCUT2D eigenvalue weighted by Gasteiger charge is 2.36. The molecule has 0 amide bonds. The molecule has 1 aliphatic heterocycles. The fraction of sp³-hybridized carbons (Fsp3) is 0. The van der Waals surface area contributed by atoms with Gasteiger partial charge in [-0.15, -0.1) is 0 Å². The number of ketones is 1. The lowest BCUT2D eigenvalue weighted by Gasteiger charge is -2.04. The monoisotopic (exact) mass is 337 g/mol. The van der Waals surface area contributed by atoms with Crippen LogP contribution in [0.5, 0.6) is 0 Å². The number of hydrogen-bond acceptors (Lipinski definition) is 6. The Morgan fingerprint density at radius 2 is 2.24 bits per heavy atom. The number of pyridine rings is 1. The Hall–Kier alpha value is -3.88. The summed E-state index contributed by atoms with van der Waals surface area (Å²) in [4.78, 5) is 31.0. The minimum absolute atomic E-state index is 0.0970. The Morgan fingerprint density at radius 3 is 3.00 bits per heavy atom. The van der Waals surface area contributed by atoms with Gasteiger partial charge in [-0.3, -0.25) is 9.89 Å². The Balaban J connectivity index is 1.71. The summed E-state index contributed by atoms with van der Waals surface area (Å²) in [6.07, 6.45) is 6.34. The van der Waals surface area contributed by atoms with Crippen LogP contribution < -0.4 is 5.32 Å². The van der Waals surface area contributed by atoms with Crippen molar-refractivity contribution in [1.82, 2.24) is 20.2 Å². The van der Waals surface area contributed by atoms with E-state index in [4.69, 9.17) is 4.74 Å². The molecule has 0 fully saturated rings. The molecule has 9 nitrogen and oxygen atoms in total. The van der Waals surface area contributed by atoms with E-state index in [1.54, 1.807) is 30.7 Å². The summed E-state index contributed by atoms with van der Waals surface area (Å²) in [7, 11) is 0. The van der Waals surface area contributed by atoms with E-state index in [1.165, 1.54) is 6.08 Å². The number of nitrogens with one attached hydrogen (secondary N) is 3. The lowest BCUT2D eigenvalue weighted by atomic mass is 10.1. The van der Waals surface area contributed by atoms with E-state index in [9.17, 15) is 14.7 Å². The number of aromatic amines is 2. The van der Waals surface area contributed by atoms with Crippen molar-refractivity contribution in [3.63, 3.8) is 0 Å². The topological polar surface area (TPSA) is 133 Å². The maximum absolute atomic E-state index is 12.4. The maximum atomic E-state index is 12.4. The molecule has 0 aliphatic carbocycles. The Kier molecular flexibility index (Phi) is 3.31. The average Bonchev–Trinajstić information content (AvgIpc) is 3.30. The molecule has 4 N–H and O–H groups in total. The molecule has 0 unspecified atom stereocenters. The van der Waals surface area contributed by atoms with Gasteiger partial charge in [0, 0.05) is 35.6 Å². The van der Waals surface area contributed by atoms with Crippen molar-refractivity contribution in [2.45, 2.75) is 0 Å². The standard InChI is InChI=1S/C16H11N5O4/c22-13-10(6-8-7-18-14-9(8)2-1-4-17-14)25-15(12(13)16(23)24)20-11-3-5-19-21-11/h1-7H,(H,17,18)(H,23,24)(H2,19,20,21). The number of carbonyl (C=O) groups is 2. The lowest BCUT2D eigenvalue weighted by molar-refractivity contribution is -0.134. The van der Waals surface area contributed by atoms with Crippen LogP contribution in [-0.2, 0) is 14.3 Å². The predicted molar refractivity (Wildman–Crippen MR) is 87.0 cm³/mol. The van der Waals surface area contributed by atoms with Crippen molar-refractivity contribution in [1.29, 1.82) is 0 Å². The van der Waals surface area contributed by atoms with Crippen molar-refractivity contribution in [2.75, 3.05) is 5.32 Å². The van der Waals surface area contributed by atoms with E-state index in [0.717, 1.165) is 5.39 Å². The number of carboxylic acids is 1. The average molecular weight is 337 g/mol. The quantitative estimate of drug-likeness (QED) is 0.420. The van der Waals surface area contributed by atoms with Gasteiger partial charge in [0.25, 0.3) is 0 Å². The molecule has 3 aromatic heterocycles. The van der Waals surface area contributed by atoms with Gasteiger partial charge in [-0.05, 0) is 18.2 Å². The first-order valence-corrected chi connectivity index (χ1v) is 7.24. The normalized spacial score (nSPS) is 15.8. The summed E-state index contributed by atoms with van der Waals surface area (Å²) < 4.78 is 5.45. The molecular formula is C16H11N5O4. The number of fused-ring (bicyclic) bond motifs is 1. The van der Waals surface area contributed by atoms with Crippen molar-refractivity contribution in [2.24, 2.45) is 0 Å². The van der Waals surface area contributed by atoms with Crippen molar-refractivity contribution in [3.05, 3.63) is 59.6 Å². The van der Waals surface area contributed by atoms with Crippen LogP contribution in [0.2, 0.25) is 0 Å². The molecule has 0 spiro atoms. The molecule has 0 saturated carbocycles. The van der Waals surface area contributed by atoms with Gasteiger partial charge < -0.3 is 20.1 Å². The zero-order chi connectivity index (χ0) is 17.4. The highest BCUT2D eigenvalue weighted by Crippen LogP contribution is 2.29. The Morgan fingerprint density at radius 1 is 1.36 bits per heavy atom. The van der Waals surface area contributed by atoms with Crippen LogP contribution in [0.4, 0.5) is 5.82 Å². The van der Waals surface area contributed by atoms with Gasteiger partial charge in [0.05, 0.1) is 0 Å². The zero-order valence-electron chi connectivity index (χ0n) is 12.6. The third-order valence-electron chi connectivity index (χ3n) is 3.62. The van der Waals surface area contributed by atoms with Gasteiger partial charge in [-0.25, -0.2) is 9.78 Å². The number of aromatic nitrogens is 4. The van der Waals surface area contributed by atoms with E-state index in [2.05, 4.69) is 25.5 Å². The molecule has 3 aromatic rings. The minimum atomic E-state index is -1.38. The first kappa shape index (κ1) is 14.7. The van der Waals surface area contributed by atoms with E-state index in [1.807, 2.05) is 6.07 Å². The second kappa shape index (κ2) is 5.64. The summed E-state index contributed by atoms with van der Waals surface area (Å²) in [6, 6.07) is 5.17. The number of Topliss-reactive ketones (excluding diaryl/α,β-unsaturated/α-hetero) is 1. The molecule has 124 valence electrons. The summed E-state index contributed by atoms with van der Waals surface area (Å²) in [6.45, 7) is 0. The van der Waals surface area contributed by atoms with Gasteiger partial charge in [-0.1, -0.05) is 0 Å². The van der Waals surface area contributed by atoms with Crippen LogP contribution in [-0.4, -0.2) is 37.0 Å². The molecule has 0 radical (unpaired) electrons. The summed E-state index contributed by atoms with van der Waals surface area (Å²) in [5.74, 6) is -2.04. The minimum Gasteiger partial charge on any atom is -0.477 e. The van der Waals surface area contributed by atoms with Crippen LogP contribution in [0, 0.1) is 0 Å². The van der Waals surface area contributed by atoms with Crippen LogP contribution in [0.15, 0.2) is 54.0 Å². The molecule has 4 heterocycles. The molecule has 9 heteroatoms. The summed E-state index contributed by atoms with van der Waals surface area (Å²) >= 11 is 0. The van der Waals surface area contributed by atoms with Crippen LogP contribution >= 0.6 is 0 Å². The third kappa shape index (κ3) is 2.53. The number of nitrogens with zero attached hydrogens (tertiary/aromatic N) is 2. The fourth-order valence-corrected chi connectivity index (χ4v) is 2.49. The van der Waals surface area contributed by atoms with Gasteiger partial charge >= 0.3 is 5.97 Å². The summed E-state index contributed by atoms with van der Waals surface area (Å²) in [5.41, 5.74) is 0.838. The molecule has 1 aliphatic rings. The SMILES string of the molecule is O=C(O)C1=C(Nc2cc[nH]n2)OC(=Cc2c[nH]c3ncccc23)C1=O. The number of aliphatic carboxylic acids is 1. The zero-order valence-corrected chi connectivity index (χ0v) is 12.6. The summed E-state index contributed by atoms with van der Waals surface area (Å²) in [5, 5.41) is 19.2. The number of anilines is 1. The second-order valence-corrected chi connectivity index (χ2v) is 5.18. The van der Waals surface area contributed by atoms with Gasteiger partial charge in [0.1, 0.15) is 5.65 Å². The van der Waals surface area contributed by atoms with Crippen molar-refractivity contribution >= 4 is 34.7 Å². The van der Waals surface area contributed by atoms with E-state index >= 15 is 0 Å². The highest BCUT2D eigenvalue weighted by molar-refractivity contribution is 6.26. The smallest absolute Gasteiger partial charge is 0.345 e. The van der Waals surface area contributed by atoms with E-state index < -0.39 is 17.3 Å². The molecule has 0 aromatic carbocycles. The van der Waals surface area contributed by atoms with E-state index in [0.29, 0.717) is 17.0 Å². The Bertz CT molecular complexity index is 1050. The van der Waals surface area contributed by atoms with Crippen LogP contribution in [0.25, 0.3) is 17.1 Å². The third-order valence-corrected chi connectivity index (χ3v) is 3.62. The van der Waals surface area contributed by atoms with Crippen molar-refractivity contribution in [3.8, 4) is 0 Å². The van der Waals surface area contributed by atoms with Gasteiger partial charge in [0.15, 0.2) is 17.2 Å².